The minimum absolute atomic E-state index is 0.0693. The van der Waals surface area contributed by atoms with E-state index < -0.39 is 5.54 Å². The first-order valence-electron chi connectivity index (χ1n) is 5.60. The van der Waals surface area contributed by atoms with Gasteiger partial charge in [-0.05, 0) is 43.2 Å². The fourth-order valence-electron chi connectivity index (χ4n) is 2.39. The highest BCUT2D eigenvalue weighted by Gasteiger charge is 2.32. The first-order valence-corrected chi connectivity index (χ1v) is 5.60. The number of benzene rings is 1. The maximum absolute atomic E-state index is 9.27. The van der Waals surface area contributed by atoms with Crippen molar-refractivity contribution >= 4 is 0 Å². The molecule has 0 spiro atoms. The fraction of sp³-hybridized carbons (Fsp3) is 0.538. The highest BCUT2D eigenvalue weighted by Crippen LogP contribution is 2.30. The first-order chi connectivity index (χ1) is 7.13. The largest absolute Gasteiger partial charge is 0.394 e. The molecular formula is C13H19NO. The lowest BCUT2D eigenvalue weighted by atomic mass is 9.74. The molecule has 0 radical (unpaired) electrons. The van der Waals surface area contributed by atoms with Gasteiger partial charge in [-0.1, -0.05) is 24.3 Å². The van der Waals surface area contributed by atoms with Crippen molar-refractivity contribution in [2.45, 2.75) is 31.7 Å². The number of hydrogen-bond acceptors (Lipinski definition) is 2. The summed E-state index contributed by atoms with van der Waals surface area (Å²) in [6.45, 7) is 2.02. The molecule has 2 unspecified atom stereocenters. The van der Waals surface area contributed by atoms with Crippen molar-refractivity contribution in [3.8, 4) is 0 Å². The average Bonchev–Trinajstić information content (AvgIpc) is 2.28. The molecule has 0 heterocycles. The van der Waals surface area contributed by atoms with E-state index >= 15 is 0 Å². The Kier molecular flexibility index (Phi) is 2.81. The quantitative estimate of drug-likeness (QED) is 0.768. The van der Waals surface area contributed by atoms with E-state index in [9.17, 15) is 5.11 Å². The Balaban J connectivity index is 2.19. The normalized spacial score (nSPS) is 24.3. The van der Waals surface area contributed by atoms with Crippen LogP contribution in [0.4, 0.5) is 0 Å². The lowest BCUT2D eigenvalue weighted by Gasteiger charge is -2.36. The fourth-order valence-corrected chi connectivity index (χ4v) is 2.39. The number of aliphatic hydroxyl groups is 1. The van der Waals surface area contributed by atoms with Crippen LogP contribution in [0.3, 0.4) is 0 Å². The zero-order valence-corrected chi connectivity index (χ0v) is 9.24. The Hall–Kier alpha value is -0.860. The van der Waals surface area contributed by atoms with E-state index in [0.717, 1.165) is 19.3 Å². The van der Waals surface area contributed by atoms with E-state index in [4.69, 9.17) is 5.73 Å². The van der Waals surface area contributed by atoms with Crippen LogP contribution in [-0.4, -0.2) is 17.3 Å². The van der Waals surface area contributed by atoms with E-state index in [2.05, 4.69) is 24.3 Å². The third-order valence-corrected chi connectivity index (χ3v) is 3.62. The van der Waals surface area contributed by atoms with Crippen LogP contribution in [0.5, 0.6) is 0 Å². The SMILES string of the molecule is CC(N)(CO)C1CCc2ccccc2C1. The van der Waals surface area contributed by atoms with Crippen molar-refractivity contribution in [3.63, 3.8) is 0 Å². The van der Waals surface area contributed by atoms with Crippen LogP contribution in [0, 0.1) is 5.92 Å². The van der Waals surface area contributed by atoms with Crippen molar-refractivity contribution < 1.29 is 5.11 Å². The molecule has 0 bridgehead atoms. The molecule has 15 heavy (non-hydrogen) atoms. The molecule has 3 N–H and O–H groups in total. The van der Waals surface area contributed by atoms with Crippen LogP contribution in [0.1, 0.15) is 24.5 Å². The van der Waals surface area contributed by atoms with Crippen molar-refractivity contribution in [1.82, 2.24) is 0 Å². The summed E-state index contributed by atoms with van der Waals surface area (Å²) in [4.78, 5) is 0. The topological polar surface area (TPSA) is 46.2 Å². The second-order valence-electron chi connectivity index (χ2n) is 4.87. The highest BCUT2D eigenvalue weighted by molar-refractivity contribution is 5.30. The van der Waals surface area contributed by atoms with Crippen LogP contribution in [0.2, 0.25) is 0 Å². The van der Waals surface area contributed by atoms with Crippen LogP contribution in [0.25, 0.3) is 0 Å². The summed E-state index contributed by atoms with van der Waals surface area (Å²) in [5.41, 5.74) is 8.51. The molecule has 1 aromatic carbocycles. The Bertz CT molecular complexity index is 346. The van der Waals surface area contributed by atoms with Gasteiger partial charge in [-0.3, -0.25) is 0 Å². The van der Waals surface area contributed by atoms with Crippen LogP contribution in [-0.2, 0) is 12.8 Å². The van der Waals surface area contributed by atoms with Gasteiger partial charge in [0.25, 0.3) is 0 Å². The third kappa shape index (κ3) is 2.06. The molecule has 2 heteroatoms. The zero-order chi connectivity index (χ0) is 10.9. The van der Waals surface area contributed by atoms with Gasteiger partial charge in [-0.25, -0.2) is 0 Å². The molecule has 0 aliphatic heterocycles. The molecule has 0 amide bonds. The molecule has 1 aliphatic carbocycles. The Morgan fingerprint density at radius 3 is 2.73 bits per heavy atom. The molecule has 0 saturated heterocycles. The van der Waals surface area contributed by atoms with E-state index in [1.54, 1.807) is 0 Å². The smallest absolute Gasteiger partial charge is 0.0611 e. The van der Waals surface area contributed by atoms with Gasteiger partial charge in [0.05, 0.1) is 6.61 Å². The number of hydrogen-bond donors (Lipinski definition) is 2. The van der Waals surface area contributed by atoms with Crippen LogP contribution >= 0.6 is 0 Å². The van der Waals surface area contributed by atoms with E-state index in [1.807, 2.05) is 6.92 Å². The van der Waals surface area contributed by atoms with Crippen molar-refractivity contribution in [2.24, 2.45) is 11.7 Å². The van der Waals surface area contributed by atoms with Gasteiger partial charge in [0.15, 0.2) is 0 Å². The molecule has 1 aliphatic rings. The Labute approximate surface area is 91.1 Å². The number of aliphatic hydroxyl groups excluding tert-OH is 1. The Morgan fingerprint density at radius 1 is 1.40 bits per heavy atom. The molecule has 2 atom stereocenters. The lowest BCUT2D eigenvalue weighted by Crippen LogP contribution is -2.49. The summed E-state index contributed by atoms with van der Waals surface area (Å²) >= 11 is 0. The van der Waals surface area contributed by atoms with Gasteiger partial charge >= 0.3 is 0 Å². The summed E-state index contributed by atoms with van der Waals surface area (Å²) < 4.78 is 0. The maximum Gasteiger partial charge on any atom is 0.0611 e. The minimum atomic E-state index is -0.437. The number of rotatable bonds is 2. The van der Waals surface area contributed by atoms with Gasteiger partial charge in [0.1, 0.15) is 0 Å². The summed E-state index contributed by atoms with van der Waals surface area (Å²) in [5, 5.41) is 9.27. The third-order valence-electron chi connectivity index (χ3n) is 3.62. The van der Waals surface area contributed by atoms with Gasteiger partial charge in [0, 0.05) is 5.54 Å². The van der Waals surface area contributed by atoms with Gasteiger partial charge < -0.3 is 10.8 Å². The molecule has 0 aromatic heterocycles. The second-order valence-corrected chi connectivity index (χ2v) is 4.87. The highest BCUT2D eigenvalue weighted by atomic mass is 16.3. The zero-order valence-electron chi connectivity index (χ0n) is 9.24. The van der Waals surface area contributed by atoms with Crippen LogP contribution < -0.4 is 5.73 Å². The molecule has 2 nitrogen and oxygen atoms in total. The van der Waals surface area contributed by atoms with Crippen molar-refractivity contribution in [3.05, 3.63) is 35.4 Å². The maximum atomic E-state index is 9.27. The number of aryl methyl sites for hydroxylation is 1. The van der Waals surface area contributed by atoms with Crippen LogP contribution in [0.15, 0.2) is 24.3 Å². The molecule has 2 rings (SSSR count). The minimum Gasteiger partial charge on any atom is -0.394 e. The Morgan fingerprint density at radius 2 is 2.07 bits per heavy atom. The summed E-state index contributed by atoms with van der Waals surface area (Å²) in [5.74, 6) is 0.400. The van der Waals surface area contributed by atoms with E-state index in [-0.39, 0.29) is 6.61 Å². The average molecular weight is 205 g/mol. The number of nitrogens with two attached hydrogens (primary N) is 1. The molecule has 1 aromatic rings. The van der Waals surface area contributed by atoms with Gasteiger partial charge in [-0.2, -0.15) is 0 Å². The summed E-state index contributed by atoms with van der Waals surface area (Å²) in [7, 11) is 0. The molecule has 0 fully saturated rings. The lowest BCUT2D eigenvalue weighted by molar-refractivity contribution is 0.144. The predicted octanol–water partition coefficient (Wildman–Crippen LogP) is 1.50. The summed E-state index contributed by atoms with van der Waals surface area (Å²) in [6.07, 6.45) is 3.18. The van der Waals surface area contributed by atoms with Crippen molar-refractivity contribution in [1.29, 1.82) is 0 Å². The van der Waals surface area contributed by atoms with E-state index in [1.165, 1.54) is 11.1 Å². The second kappa shape index (κ2) is 3.95. The van der Waals surface area contributed by atoms with Gasteiger partial charge in [0.2, 0.25) is 0 Å². The standard InChI is InChI=1S/C13H19NO/c1-13(14,9-15)12-7-6-10-4-2-3-5-11(10)8-12/h2-5,12,15H,6-9,14H2,1H3. The molecule has 0 saturated carbocycles. The molecular weight excluding hydrogens is 186 g/mol. The van der Waals surface area contributed by atoms with Gasteiger partial charge in [-0.15, -0.1) is 0 Å². The predicted molar refractivity (Wildman–Crippen MR) is 61.6 cm³/mol. The van der Waals surface area contributed by atoms with E-state index in [0.29, 0.717) is 5.92 Å². The molecule has 82 valence electrons. The monoisotopic (exact) mass is 205 g/mol. The first kappa shape index (κ1) is 10.7. The number of fused-ring (bicyclic) bond motifs is 1. The summed E-state index contributed by atoms with van der Waals surface area (Å²) in [6, 6.07) is 8.54. The van der Waals surface area contributed by atoms with Crippen molar-refractivity contribution in [2.75, 3.05) is 6.61 Å².